The van der Waals surface area contributed by atoms with Gasteiger partial charge in [0.25, 0.3) is 5.91 Å². The minimum absolute atomic E-state index is 0.0770. The van der Waals surface area contributed by atoms with E-state index >= 15 is 0 Å². The number of rotatable bonds is 7. The highest BCUT2D eigenvalue weighted by Crippen LogP contribution is 2.20. The molecule has 1 N–H and O–H groups in total. The van der Waals surface area contributed by atoms with Gasteiger partial charge in [0, 0.05) is 45.0 Å². The van der Waals surface area contributed by atoms with E-state index in [0.717, 1.165) is 39.1 Å². The monoisotopic (exact) mass is 394 g/mol. The van der Waals surface area contributed by atoms with Gasteiger partial charge in [-0.15, -0.1) is 0 Å². The molecule has 1 aliphatic rings. The van der Waals surface area contributed by atoms with Gasteiger partial charge >= 0.3 is 0 Å². The third kappa shape index (κ3) is 5.57. The fourth-order valence-corrected chi connectivity index (χ4v) is 3.86. The van der Waals surface area contributed by atoms with Crippen LogP contribution >= 0.6 is 0 Å². The quantitative estimate of drug-likeness (QED) is 0.765. The lowest BCUT2D eigenvalue weighted by atomic mass is 10.1. The predicted octanol–water partition coefficient (Wildman–Crippen LogP) is 4.19. The van der Waals surface area contributed by atoms with Crippen molar-refractivity contribution in [1.82, 2.24) is 14.8 Å². The van der Waals surface area contributed by atoms with Gasteiger partial charge in [0.2, 0.25) is 0 Å². The number of nitrogens with one attached hydrogen (secondary N) is 1. The van der Waals surface area contributed by atoms with E-state index in [1.54, 1.807) is 6.20 Å². The van der Waals surface area contributed by atoms with E-state index in [0.29, 0.717) is 17.3 Å². The lowest BCUT2D eigenvalue weighted by Gasteiger charge is -2.40. The average molecular weight is 395 g/mol. The first-order chi connectivity index (χ1) is 14.0. The SMILES string of the molecule is Cc1ccccc1CN1CCN(C(=O)c2cccnc2NCCC(C)C)[C@H](C)C1. The van der Waals surface area contributed by atoms with E-state index in [-0.39, 0.29) is 11.9 Å². The summed E-state index contributed by atoms with van der Waals surface area (Å²) in [5, 5.41) is 3.36. The number of nitrogens with zero attached hydrogens (tertiary/aromatic N) is 3. The summed E-state index contributed by atoms with van der Waals surface area (Å²) in [6.07, 6.45) is 2.80. The molecule has 5 nitrogen and oxygen atoms in total. The second-order valence-electron chi connectivity index (χ2n) is 8.52. The van der Waals surface area contributed by atoms with Crippen LogP contribution in [0.15, 0.2) is 42.6 Å². The predicted molar refractivity (Wildman–Crippen MR) is 119 cm³/mol. The zero-order chi connectivity index (χ0) is 20.8. The molecule has 1 amide bonds. The van der Waals surface area contributed by atoms with Crippen molar-refractivity contribution in [2.24, 2.45) is 5.92 Å². The maximum absolute atomic E-state index is 13.3. The lowest BCUT2D eigenvalue weighted by Crippen LogP contribution is -2.53. The summed E-state index contributed by atoms with van der Waals surface area (Å²) in [5.41, 5.74) is 3.37. The number of benzene rings is 1. The number of carbonyl (C=O) groups is 1. The fraction of sp³-hybridized carbons (Fsp3) is 0.500. The molecule has 1 aliphatic heterocycles. The number of hydrogen-bond donors (Lipinski definition) is 1. The number of hydrogen-bond acceptors (Lipinski definition) is 4. The molecule has 2 heterocycles. The van der Waals surface area contributed by atoms with E-state index in [9.17, 15) is 4.79 Å². The fourth-order valence-electron chi connectivity index (χ4n) is 3.86. The van der Waals surface area contributed by atoms with Gasteiger partial charge in [0.1, 0.15) is 5.82 Å². The number of pyridine rings is 1. The van der Waals surface area contributed by atoms with Crippen LogP contribution < -0.4 is 5.32 Å². The van der Waals surface area contributed by atoms with E-state index in [1.165, 1.54) is 11.1 Å². The summed E-state index contributed by atoms with van der Waals surface area (Å²) in [7, 11) is 0. The Kier molecular flexibility index (Phi) is 7.26. The molecule has 1 aromatic carbocycles. The minimum Gasteiger partial charge on any atom is -0.369 e. The van der Waals surface area contributed by atoms with Crippen LogP contribution in [0.2, 0.25) is 0 Å². The van der Waals surface area contributed by atoms with Crippen molar-refractivity contribution in [3.8, 4) is 0 Å². The highest BCUT2D eigenvalue weighted by Gasteiger charge is 2.29. The molecule has 3 rings (SSSR count). The maximum Gasteiger partial charge on any atom is 0.257 e. The van der Waals surface area contributed by atoms with Crippen LogP contribution in [-0.4, -0.2) is 52.9 Å². The molecule has 156 valence electrons. The molecule has 1 fully saturated rings. The normalized spacial score (nSPS) is 17.6. The molecule has 0 unspecified atom stereocenters. The van der Waals surface area contributed by atoms with Gasteiger partial charge in [-0.2, -0.15) is 0 Å². The highest BCUT2D eigenvalue weighted by molar-refractivity contribution is 5.99. The van der Waals surface area contributed by atoms with Crippen molar-refractivity contribution in [3.05, 3.63) is 59.3 Å². The summed E-state index contributed by atoms with van der Waals surface area (Å²) in [5.74, 6) is 1.40. The second-order valence-corrected chi connectivity index (χ2v) is 8.52. The van der Waals surface area contributed by atoms with Crippen LogP contribution in [0.1, 0.15) is 48.7 Å². The van der Waals surface area contributed by atoms with E-state index in [1.807, 2.05) is 17.0 Å². The first kappa shape index (κ1) is 21.3. The van der Waals surface area contributed by atoms with Gasteiger partial charge in [-0.1, -0.05) is 38.1 Å². The van der Waals surface area contributed by atoms with Crippen LogP contribution in [0.5, 0.6) is 0 Å². The second kappa shape index (κ2) is 9.88. The van der Waals surface area contributed by atoms with Gasteiger partial charge < -0.3 is 10.2 Å². The van der Waals surface area contributed by atoms with Crippen molar-refractivity contribution in [2.45, 2.75) is 46.7 Å². The highest BCUT2D eigenvalue weighted by atomic mass is 16.2. The van der Waals surface area contributed by atoms with Crippen molar-refractivity contribution >= 4 is 11.7 Å². The molecule has 1 atom stereocenters. The molecule has 0 bridgehead atoms. The van der Waals surface area contributed by atoms with E-state index < -0.39 is 0 Å². The summed E-state index contributed by atoms with van der Waals surface area (Å²) in [4.78, 5) is 22.1. The zero-order valence-electron chi connectivity index (χ0n) is 18.2. The Morgan fingerprint density at radius 3 is 2.72 bits per heavy atom. The number of amides is 1. The van der Waals surface area contributed by atoms with Crippen molar-refractivity contribution < 1.29 is 4.79 Å². The standard InChI is InChI=1S/C24H34N4O/c1-18(2)11-13-26-23-22(10-7-12-25-23)24(29)28-15-14-27(16-20(28)4)17-21-9-6-5-8-19(21)3/h5-10,12,18,20H,11,13-17H2,1-4H3,(H,25,26)/t20-/m1/s1. The van der Waals surface area contributed by atoms with Crippen molar-refractivity contribution in [2.75, 3.05) is 31.5 Å². The number of piperazine rings is 1. The molecule has 0 aliphatic carbocycles. The van der Waals surface area contributed by atoms with Crippen LogP contribution in [0, 0.1) is 12.8 Å². The lowest BCUT2D eigenvalue weighted by molar-refractivity contribution is 0.0475. The molecule has 1 aromatic heterocycles. The van der Waals surface area contributed by atoms with Gasteiger partial charge in [0.15, 0.2) is 0 Å². The Labute approximate surface area is 175 Å². The third-order valence-corrected chi connectivity index (χ3v) is 5.68. The van der Waals surface area contributed by atoms with E-state index in [4.69, 9.17) is 0 Å². The molecule has 1 saturated heterocycles. The first-order valence-electron chi connectivity index (χ1n) is 10.7. The maximum atomic E-state index is 13.3. The van der Waals surface area contributed by atoms with Crippen LogP contribution in [-0.2, 0) is 6.54 Å². The van der Waals surface area contributed by atoms with E-state index in [2.05, 4.69) is 67.2 Å². The Hall–Kier alpha value is -2.40. The molecule has 2 aromatic rings. The summed E-state index contributed by atoms with van der Waals surface area (Å²) in [6.45, 7) is 13.0. The van der Waals surface area contributed by atoms with Crippen LogP contribution in [0.3, 0.4) is 0 Å². The molecule has 0 saturated carbocycles. The molecular formula is C24H34N4O. The molecule has 5 heteroatoms. The summed E-state index contributed by atoms with van der Waals surface area (Å²) < 4.78 is 0. The Balaban J connectivity index is 1.63. The zero-order valence-corrected chi connectivity index (χ0v) is 18.2. The summed E-state index contributed by atoms with van der Waals surface area (Å²) in [6, 6.07) is 12.4. The molecule has 29 heavy (non-hydrogen) atoms. The first-order valence-corrected chi connectivity index (χ1v) is 10.7. The number of carbonyl (C=O) groups excluding carboxylic acids is 1. The van der Waals surface area contributed by atoms with Gasteiger partial charge in [0.05, 0.1) is 5.56 Å². The van der Waals surface area contributed by atoms with Gasteiger partial charge in [-0.3, -0.25) is 9.69 Å². The number of aryl methyl sites for hydroxylation is 1. The summed E-state index contributed by atoms with van der Waals surface area (Å²) >= 11 is 0. The van der Waals surface area contributed by atoms with Crippen LogP contribution in [0.25, 0.3) is 0 Å². The Morgan fingerprint density at radius 1 is 1.21 bits per heavy atom. The van der Waals surface area contributed by atoms with Crippen molar-refractivity contribution in [3.63, 3.8) is 0 Å². The number of aromatic nitrogens is 1. The van der Waals surface area contributed by atoms with Gasteiger partial charge in [-0.05, 0) is 49.4 Å². The Morgan fingerprint density at radius 2 is 2.00 bits per heavy atom. The molecule has 0 spiro atoms. The van der Waals surface area contributed by atoms with Crippen LogP contribution in [0.4, 0.5) is 5.82 Å². The molecular weight excluding hydrogens is 360 g/mol. The largest absolute Gasteiger partial charge is 0.369 e. The third-order valence-electron chi connectivity index (χ3n) is 5.68. The average Bonchev–Trinajstić information content (AvgIpc) is 2.69. The minimum atomic E-state index is 0.0770. The van der Waals surface area contributed by atoms with Crippen molar-refractivity contribution in [1.29, 1.82) is 0 Å². The topological polar surface area (TPSA) is 48.5 Å². The smallest absolute Gasteiger partial charge is 0.257 e. The molecule has 0 radical (unpaired) electrons. The van der Waals surface area contributed by atoms with Gasteiger partial charge in [-0.25, -0.2) is 4.98 Å². The number of anilines is 1. The Bertz CT molecular complexity index is 820.